The van der Waals surface area contributed by atoms with E-state index < -0.39 is 28.5 Å². The zero-order chi connectivity index (χ0) is 23.1. The van der Waals surface area contributed by atoms with E-state index in [0.29, 0.717) is 26.1 Å². The molecule has 0 aromatic heterocycles. The molecule has 7 nitrogen and oxygen atoms in total. The molecule has 0 aliphatic carbocycles. The lowest BCUT2D eigenvalue weighted by Crippen LogP contribution is -2.36. The van der Waals surface area contributed by atoms with Gasteiger partial charge in [-0.3, -0.25) is 4.79 Å². The van der Waals surface area contributed by atoms with Crippen LogP contribution in [0.15, 0.2) is 78.7 Å². The Morgan fingerprint density at radius 2 is 1.72 bits per heavy atom. The molecular weight excluding hydrogens is 428 g/mol. The molecule has 168 valence electrons. The van der Waals surface area contributed by atoms with Crippen LogP contribution in [0.2, 0.25) is 0 Å². The summed E-state index contributed by atoms with van der Waals surface area (Å²) in [6, 6.07) is 13.4. The number of fused-ring (bicyclic) bond motifs is 1. The quantitative estimate of drug-likeness (QED) is 0.430. The Morgan fingerprint density at radius 3 is 2.41 bits per heavy atom. The largest absolute Gasteiger partial charge is 0.452 e. The van der Waals surface area contributed by atoms with E-state index in [9.17, 15) is 18.0 Å². The fourth-order valence-electron chi connectivity index (χ4n) is 3.50. The van der Waals surface area contributed by atoms with Crippen molar-refractivity contribution in [1.29, 1.82) is 0 Å². The van der Waals surface area contributed by atoms with Gasteiger partial charge < -0.3 is 9.64 Å². The van der Waals surface area contributed by atoms with E-state index >= 15 is 0 Å². The number of hydrogen-bond acceptors (Lipinski definition) is 5. The van der Waals surface area contributed by atoms with Crippen molar-refractivity contribution in [2.75, 3.05) is 26.2 Å². The highest BCUT2D eigenvalue weighted by molar-refractivity contribution is 7.89. The molecule has 3 rings (SSSR count). The summed E-state index contributed by atoms with van der Waals surface area (Å²) in [5.74, 6) is -1.16. The molecule has 0 bridgehead atoms. The monoisotopic (exact) mass is 454 g/mol. The Labute approximate surface area is 188 Å². The minimum absolute atomic E-state index is 0.0117. The summed E-state index contributed by atoms with van der Waals surface area (Å²) in [7, 11) is -3.79. The number of benzene rings is 2. The van der Waals surface area contributed by atoms with Crippen molar-refractivity contribution >= 4 is 21.9 Å². The fraction of sp³-hybridized carbons (Fsp3) is 0.250. The average molecular weight is 455 g/mol. The summed E-state index contributed by atoms with van der Waals surface area (Å²) < 4.78 is 32.9. The first-order valence-electron chi connectivity index (χ1n) is 10.2. The summed E-state index contributed by atoms with van der Waals surface area (Å²) in [5.41, 5.74) is 2.18. The van der Waals surface area contributed by atoms with Crippen LogP contribution < -0.4 is 0 Å². The molecule has 1 aliphatic rings. The number of carbonyl (C=O) groups is 2. The molecule has 0 saturated heterocycles. The molecule has 2 aromatic carbocycles. The highest BCUT2D eigenvalue weighted by Gasteiger charge is 2.29. The lowest BCUT2D eigenvalue weighted by Gasteiger charge is -2.28. The van der Waals surface area contributed by atoms with Crippen LogP contribution in [-0.4, -0.2) is 55.7 Å². The fourth-order valence-corrected chi connectivity index (χ4v) is 4.96. The second kappa shape index (κ2) is 10.4. The summed E-state index contributed by atoms with van der Waals surface area (Å²) in [6.07, 6.45) is 3.76. The van der Waals surface area contributed by atoms with Gasteiger partial charge in [-0.1, -0.05) is 42.5 Å². The van der Waals surface area contributed by atoms with Crippen LogP contribution in [0.4, 0.5) is 0 Å². The Balaban J connectivity index is 1.70. The number of nitrogens with zero attached hydrogens (tertiary/aromatic N) is 2. The Morgan fingerprint density at radius 1 is 1.03 bits per heavy atom. The summed E-state index contributed by atoms with van der Waals surface area (Å²) in [6.45, 7) is 7.98. The van der Waals surface area contributed by atoms with Crippen LogP contribution in [0.1, 0.15) is 21.5 Å². The van der Waals surface area contributed by atoms with Gasteiger partial charge in [0, 0.05) is 26.2 Å². The number of esters is 1. The van der Waals surface area contributed by atoms with Gasteiger partial charge in [0.2, 0.25) is 10.0 Å². The molecule has 0 N–H and O–H groups in total. The molecule has 0 unspecified atom stereocenters. The van der Waals surface area contributed by atoms with E-state index in [1.165, 1.54) is 33.5 Å². The second-order valence-corrected chi connectivity index (χ2v) is 9.28. The number of hydrogen-bond donors (Lipinski definition) is 0. The SMILES string of the molecule is C=CCN(CC=C)C(=O)COC(=O)c1cccc(S(=O)(=O)N2CCc3ccccc3C2)c1. The first kappa shape index (κ1) is 23.4. The van der Waals surface area contributed by atoms with E-state index in [2.05, 4.69) is 13.2 Å². The zero-order valence-corrected chi connectivity index (χ0v) is 18.6. The molecular formula is C24H26N2O5S. The molecule has 32 heavy (non-hydrogen) atoms. The molecule has 0 spiro atoms. The van der Waals surface area contributed by atoms with Gasteiger partial charge in [-0.25, -0.2) is 13.2 Å². The van der Waals surface area contributed by atoms with Gasteiger partial charge in [0.25, 0.3) is 5.91 Å². The van der Waals surface area contributed by atoms with Gasteiger partial charge in [0.05, 0.1) is 10.5 Å². The van der Waals surface area contributed by atoms with Crippen LogP contribution in [-0.2, 0) is 32.5 Å². The molecule has 1 heterocycles. The highest BCUT2D eigenvalue weighted by atomic mass is 32.2. The molecule has 1 aliphatic heterocycles. The van der Waals surface area contributed by atoms with Crippen LogP contribution in [0.3, 0.4) is 0 Å². The molecule has 2 aromatic rings. The van der Waals surface area contributed by atoms with Crippen LogP contribution in [0.25, 0.3) is 0 Å². The van der Waals surface area contributed by atoms with E-state index in [1.54, 1.807) is 12.2 Å². The normalized spacial score (nSPS) is 13.6. The maximum atomic E-state index is 13.2. The maximum absolute atomic E-state index is 13.2. The van der Waals surface area contributed by atoms with E-state index in [-0.39, 0.29) is 17.0 Å². The summed E-state index contributed by atoms with van der Waals surface area (Å²) in [4.78, 5) is 26.2. The first-order chi connectivity index (χ1) is 15.4. The summed E-state index contributed by atoms with van der Waals surface area (Å²) >= 11 is 0. The lowest BCUT2D eigenvalue weighted by molar-refractivity contribution is -0.133. The molecule has 1 amide bonds. The van der Waals surface area contributed by atoms with Crippen LogP contribution in [0.5, 0.6) is 0 Å². The highest BCUT2D eigenvalue weighted by Crippen LogP contribution is 2.25. The predicted molar refractivity (Wildman–Crippen MR) is 121 cm³/mol. The van der Waals surface area contributed by atoms with Crippen molar-refractivity contribution in [3.05, 3.63) is 90.5 Å². The average Bonchev–Trinajstić information content (AvgIpc) is 2.82. The standard InChI is InChI=1S/C24H26N2O5S/c1-3-13-25(14-4-2)23(27)18-31-24(28)20-10-7-11-22(16-20)32(29,30)26-15-12-19-8-5-6-9-21(19)17-26/h3-11,16H,1-2,12-15,17-18H2. The van der Waals surface area contributed by atoms with Crippen molar-refractivity contribution < 1.29 is 22.7 Å². The Hall–Kier alpha value is -3.23. The van der Waals surface area contributed by atoms with Crippen molar-refractivity contribution in [3.63, 3.8) is 0 Å². The van der Waals surface area contributed by atoms with E-state index in [1.807, 2.05) is 24.3 Å². The minimum Gasteiger partial charge on any atom is -0.452 e. The van der Waals surface area contributed by atoms with Crippen molar-refractivity contribution in [3.8, 4) is 0 Å². The third-order valence-corrected chi connectivity index (χ3v) is 7.02. The predicted octanol–water partition coefficient (Wildman–Crippen LogP) is 2.79. The second-order valence-electron chi connectivity index (χ2n) is 7.34. The van der Waals surface area contributed by atoms with E-state index in [4.69, 9.17) is 4.74 Å². The number of ether oxygens (including phenoxy) is 1. The van der Waals surface area contributed by atoms with Crippen LogP contribution >= 0.6 is 0 Å². The molecule has 0 saturated carbocycles. The molecule has 8 heteroatoms. The van der Waals surface area contributed by atoms with Gasteiger partial charge >= 0.3 is 5.97 Å². The van der Waals surface area contributed by atoms with Crippen molar-refractivity contribution in [2.45, 2.75) is 17.9 Å². The number of amides is 1. The van der Waals surface area contributed by atoms with Gasteiger partial charge in [0.1, 0.15) is 0 Å². The number of rotatable bonds is 9. The van der Waals surface area contributed by atoms with Crippen molar-refractivity contribution in [2.24, 2.45) is 0 Å². The van der Waals surface area contributed by atoms with Gasteiger partial charge in [-0.2, -0.15) is 4.31 Å². The van der Waals surface area contributed by atoms with Gasteiger partial charge in [-0.15, -0.1) is 13.2 Å². The van der Waals surface area contributed by atoms with E-state index in [0.717, 1.165) is 11.1 Å². The lowest BCUT2D eigenvalue weighted by atomic mass is 10.0. The molecule has 0 radical (unpaired) electrons. The third-order valence-electron chi connectivity index (χ3n) is 5.18. The number of carbonyl (C=O) groups excluding carboxylic acids is 2. The summed E-state index contributed by atoms with van der Waals surface area (Å²) in [5, 5.41) is 0. The zero-order valence-electron chi connectivity index (χ0n) is 17.8. The number of sulfonamides is 1. The van der Waals surface area contributed by atoms with Gasteiger partial charge in [-0.05, 0) is 35.7 Å². The Kier molecular flexibility index (Phi) is 7.61. The maximum Gasteiger partial charge on any atom is 0.338 e. The third kappa shape index (κ3) is 5.33. The smallest absolute Gasteiger partial charge is 0.338 e. The molecule has 0 atom stereocenters. The minimum atomic E-state index is -3.79. The topological polar surface area (TPSA) is 84.0 Å². The van der Waals surface area contributed by atoms with Gasteiger partial charge in [0.15, 0.2) is 6.61 Å². The van der Waals surface area contributed by atoms with Crippen molar-refractivity contribution in [1.82, 2.24) is 9.21 Å². The first-order valence-corrected chi connectivity index (χ1v) is 11.6. The Bertz CT molecular complexity index is 1120. The molecule has 0 fully saturated rings. The van der Waals surface area contributed by atoms with Crippen LogP contribution in [0, 0.1) is 0 Å².